The summed E-state index contributed by atoms with van der Waals surface area (Å²) in [5, 5.41) is 20.1. The highest BCUT2D eigenvalue weighted by atomic mass is 32.2. The van der Waals surface area contributed by atoms with Crippen molar-refractivity contribution in [1.29, 1.82) is 0 Å². The standard InChI is InChI=1S/C13H22N4O3S/c1-8(2)5-10(12(19)20)15-11(18)6-21-13-16-14-7-17(13)9(3)4/h7-10H,5-6H2,1-4H3,(H,15,18)(H,19,20)/t10-/m0/s1. The van der Waals surface area contributed by atoms with Crippen molar-refractivity contribution < 1.29 is 14.7 Å². The average Bonchev–Trinajstić information content (AvgIpc) is 2.83. The van der Waals surface area contributed by atoms with Gasteiger partial charge in [-0.2, -0.15) is 0 Å². The molecule has 1 aromatic rings. The number of hydrogen-bond acceptors (Lipinski definition) is 5. The van der Waals surface area contributed by atoms with E-state index in [0.717, 1.165) is 0 Å². The van der Waals surface area contributed by atoms with Crippen molar-refractivity contribution in [3.63, 3.8) is 0 Å². The first-order valence-electron chi connectivity index (χ1n) is 6.85. The lowest BCUT2D eigenvalue weighted by Crippen LogP contribution is -2.42. The number of rotatable bonds is 8. The van der Waals surface area contributed by atoms with E-state index in [0.29, 0.717) is 11.6 Å². The molecule has 0 unspecified atom stereocenters. The second-order valence-corrected chi connectivity index (χ2v) is 6.43. The van der Waals surface area contributed by atoms with Crippen molar-refractivity contribution in [2.24, 2.45) is 5.92 Å². The molecule has 1 rings (SSSR count). The van der Waals surface area contributed by atoms with E-state index in [1.165, 1.54) is 11.8 Å². The SMILES string of the molecule is CC(C)C[C@H](NC(=O)CSc1nncn1C(C)C)C(=O)O. The molecule has 1 aromatic heterocycles. The molecule has 7 nitrogen and oxygen atoms in total. The molecule has 21 heavy (non-hydrogen) atoms. The number of nitrogens with zero attached hydrogens (tertiary/aromatic N) is 3. The Balaban J connectivity index is 2.53. The molecule has 1 amide bonds. The Hall–Kier alpha value is -1.57. The van der Waals surface area contributed by atoms with Crippen LogP contribution in [0.25, 0.3) is 0 Å². The third kappa shape index (κ3) is 5.74. The molecule has 1 heterocycles. The fourth-order valence-electron chi connectivity index (χ4n) is 1.75. The summed E-state index contributed by atoms with van der Waals surface area (Å²) >= 11 is 1.25. The van der Waals surface area contributed by atoms with Crippen LogP contribution in [0.1, 0.15) is 40.2 Å². The number of amides is 1. The van der Waals surface area contributed by atoms with E-state index in [1.54, 1.807) is 6.33 Å². The molecular weight excluding hydrogens is 292 g/mol. The Kier molecular flexibility index (Phi) is 6.67. The van der Waals surface area contributed by atoms with Crippen LogP contribution in [0.15, 0.2) is 11.5 Å². The molecule has 0 aliphatic heterocycles. The van der Waals surface area contributed by atoms with Crippen LogP contribution in [0.5, 0.6) is 0 Å². The average molecular weight is 314 g/mol. The van der Waals surface area contributed by atoms with Crippen molar-refractivity contribution in [3.8, 4) is 0 Å². The maximum absolute atomic E-state index is 11.9. The Morgan fingerprint density at radius 1 is 1.38 bits per heavy atom. The Labute approximate surface area is 128 Å². The van der Waals surface area contributed by atoms with E-state index in [9.17, 15) is 9.59 Å². The van der Waals surface area contributed by atoms with E-state index >= 15 is 0 Å². The summed E-state index contributed by atoms with van der Waals surface area (Å²) in [5.41, 5.74) is 0. The maximum atomic E-state index is 11.9. The number of nitrogens with one attached hydrogen (secondary N) is 1. The Morgan fingerprint density at radius 2 is 2.05 bits per heavy atom. The van der Waals surface area contributed by atoms with Crippen molar-refractivity contribution in [1.82, 2.24) is 20.1 Å². The molecule has 1 atom stereocenters. The largest absolute Gasteiger partial charge is 0.480 e. The van der Waals surface area contributed by atoms with E-state index < -0.39 is 12.0 Å². The smallest absolute Gasteiger partial charge is 0.326 e. The van der Waals surface area contributed by atoms with Gasteiger partial charge in [0.05, 0.1) is 5.75 Å². The predicted octanol–water partition coefficient (Wildman–Crippen LogP) is 1.57. The van der Waals surface area contributed by atoms with Crippen molar-refractivity contribution in [2.75, 3.05) is 5.75 Å². The molecule has 0 bridgehead atoms. The van der Waals surface area contributed by atoms with Crippen LogP contribution in [0.3, 0.4) is 0 Å². The number of carbonyl (C=O) groups excluding carboxylic acids is 1. The van der Waals surface area contributed by atoms with Crippen LogP contribution in [-0.4, -0.2) is 43.5 Å². The second kappa shape index (κ2) is 8.02. The van der Waals surface area contributed by atoms with Gasteiger partial charge in [-0.05, 0) is 26.2 Å². The molecule has 0 fully saturated rings. The zero-order valence-corrected chi connectivity index (χ0v) is 13.6. The number of carboxylic acids is 1. The van der Waals surface area contributed by atoms with Gasteiger partial charge in [0.25, 0.3) is 0 Å². The van der Waals surface area contributed by atoms with Gasteiger partial charge in [0.15, 0.2) is 5.16 Å². The van der Waals surface area contributed by atoms with Crippen LogP contribution in [0.4, 0.5) is 0 Å². The minimum Gasteiger partial charge on any atom is -0.480 e. The normalized spacial score (nSPS) is 12.7. The van der Waals surface area contributed by atoms with Crippen molar-refractivity contribution in [2.45, 2.75) is 51.4 Å². The Morgan fingerprint density at radius 3 is 2.57 bits per heavy atom. The summed E-state index contributed by atoms with van der Waals surface area (Å²) in [6.45, 7) is 7.83. The van der Waals surface area contributed by atoms with Gasteiger partial charge in [-0.25, -0.2) is 4.79 Å². The first-order valence-corrected chi connectivity index (χ1v) is 7.84. The van der Waals surface area contributed by atoms with Gasteiger partial charge >= 0.3 is 5.97 Å². The molecule has 0 aliphatic carbocycles. The summed E-state index contributed by atoms with van der Waals surface area (Å²) in [6.07, 6.45) is 2.03. The van der Waals surface area contributed by atoms with E-state index in [4.69, 9.17) is 5.11 Å². The quantitative estimate of drug-likeness (QED) is 0.707. The Bertz CT molecular complexity index is 488. The number of carbonyl (C=O) groups is 2. The van der Waals surface area contributed by atoms with Gasteiger partial charge in [-0.1, -0.05) is 25.6 Å². The lowest BCUT2D eigenvalue weighted by Gasteiger charge is -2.16. The molecule has 8 heteroatoms. The molecule has 118 valence electrons. The molecule has 0 saturated carbocycles. The first kappa shape index (κ1) is 17.5. The fraction of sp³-hybridized carbons (Fsp3) is 0.692. The van der Waals surface area contributed by atoms with Crippen LogP contribution in [0, 0.1) is 5.92 Å². The van der Waals surface area contributed by atoms with E-state index in [-0.39, 0.29) is 23.6 Å². The molecule has 0 aliphatic rings. The monoisotopic (exact) mass is 314 g/mol. The second-order valence-electron chi connectivity index (χ2n) is 5.49. The van der Waals surface area contributed by atoms with Gasteiger partial charge in [0, 0.05) is 6.04 Å². The van der Waals surface area contributed by atoms with Crippen LogP contribution in [0.2, 0.25) is 0 Å². The molecule has 0 aromatic carbocycles. The lowest BCUT2D eigenvalue weighted by molar-refractivity contribution is -0.141. The molecule has 0 radical (unpaired) electrons. The summed E-state index contributed by atoms with van der Waals surface area (Å²) < 4.78 is 1.86. The lowest BCUT2D eigenvalue weighted by atomic mass is 10.0. The number of thioether (sulfide) groups is 1. The number of aromatic nitrogens is 3. The highest BCUT2D eigenvalue weighted by Gasteiger charge is 2.21. The topological polar surface area (TPSA) is 97.1 Å². The minimum absolute atomic E-state index is 0.118. The minimum atomic E-state index is -1.01. The van der Waals surface area contributed by atoms with Gasteiger partial charge in [-0.15, -0.1) is 10.2 Å². The zero-order valence-electron chi connectivity index (χ0n) is 12.7. The number of aliphatic carboxylic acids is 1. The number of carboxylic acid groups (broad SMARTS) is 1. The van der Waals surface area contributed by atoms with E-state index in [2.05, 4.69) is 15.5 Å². The molecular formula is C13H22N4O3S. The third-order valence-corrected chi connectivity index (χ3v) is 3.73. The van der Waals surface area contributed by atoms with Crippen molar-refractivity contribution >= 4 is 23.6 Å². The summed E-state index contributed by atoms with van der Waals surface area (Å²) in [5.74, 6) is -1.00. The third-order valence-electron chi connectivity index (χ3n) is 2.77. The molecule has 0 spiro atoms. The van der Waals surface area contributed by atoms with E-state index in [1.807, 2.05) is 32.3 Å². The fourth-order valence-corrected chi connectivity index (χ4v) is 2.60. The highest BCUT2D eigenvalue weighted by Crippen LogP contribution is 2.18. The van der Waals surface area contributed by atoms with Crippen molar-refractivity contribution in [3.05, 3.63) is 6.33 Å². The van der Waals surface area contributed by atoms with Crippen LogP contribution < -0.4 is 5.32 Å². The van der Waals surface area contributed by atoms with Crippen LogP contribution >= 0.6 is 11.8 Å². The van der Waals surface area contributed by atoms with Gasteiger partial charge in [0.2, 0.25) is 5.91 Å². The maximum Gasteiger partial charge on any atom is 0.326 e. The highest BCUT2D eigenvalue weighted by molar-refractivity contribution is 7.99. The molecule has 0 saturated heterocycles. The van der Waals surface area contributed by atoms with Gasteiger partial charge < -0.3 is 15.0 Å². The first-order chi connectivity index (χ1) is 9.81. The summed E-state index contributed by atoms with van der Waals surface area (Å²) in [6, 6.07) is -0.640. The predicted molar refractivity (Wildman–Crippen MR) is 80.2 cm³/mol. The van der Waals surface area contributed by atoms with Gasteiger partial charge in [-0.3, -0.25) is 4.79 Å². The summed E-state index contributed by atoms with van der Waals surface area (Å²) in [4.78, 5) is 23.0. The summed E-state index contributed by atoms with van der Waals surface area (Å²) in [7, 11) is 0. The number of hydrogen-bond donors (Lipinski definition) is 2. The zero-order chi connectivity index (χ0) is 16.0. The van der Waals surface area contributed by atoms with Gasteiger partial charge in [0.1, 0.15) is 12.4 Å². The molecule has 2 N–H and O–H groups in total. The van der Waals surface area contributed by atoms with Crippen LogP contribution in [-0.2, 0) is 9.59 Å².